The molecule has 0 atom stereocenters. The fraction of sp³-hybridized carbons (Fsp3) is 0.417. The third kappa shape index (κ3) is 1.68. The lowest BCUT2D eigenvalue weighted by Crippen LogP contribution is -2.47. The molecule has 17 heavy (non-hydrogen) atoms. The fourth-order valence-corrected chi connectivity index (χ4v) is 2.62. The Morgan fingerprint density at radius 2 is 2.24 bits per heavy atom. The van der Waals surface area contributed by atoms with Crippen LogP contribution in [0.25, 0.3) is 11.1 Å². The van der Waals surface area contributed by atoms with Crippen molar-refractivity contribution in [2.75, 3.05) is 19.1 Å². The third-order valence-electron chi connectivity index (χ3n) is 3.36. The maximum atomic E-state index is 11.1. The van der Waals surface area contributed by atoms with Gasteiger partial charge < -0.3 is 9.15 Å². The summed E-state index contributed by atoms with van der Waals surface area (Å²) in [5.41, 5.74) is 2.43. The van der Waals surface area contributed by atoms with E-state index in [4.69, 9.17) is 20.8 Å². The smallest absolute Gasteiger partial charge is 0.408 e. The molecule has 0 radical (unpaired) electrons. The maximum absolute atomic E-state index is 11.1. The Morgan fingerprint density at radius 1 is 1.41 bits per heavy atom. The maximum Gasteiger partial charge on any atom is 0.417 e. The van der Waals surface area contributed by atoms with Crippen molar-refractivity contribution in [3.63, 3.8) is 0 Å². The molecule has 1 N–H and O–H groups in total. The number of rotatable bonds is 3. The minimum Gasteiger partial charge on any atom is -0.408 e. The fourth-order valence-electron chi connectivity index (χ4n) is 2.26. The predicted octanol–water partition coefficient (Wildman–Crippen LogP) is 2.02. The number of H-pyrrole nitrogens is 1. The summed E-state index contributed by atoms with van der Waals surface area (Å²) in [5, 5.41) is 0. The van der Waals surface area contributed by atoms with E-state index in [1.54, 1.807) is 0 Å². The van der Waals surface area contributed by atoms with Crippen molar-refractivity contribution in [1.29, 1.82) is 0 Å². The minimum atomic E-state index is -0.423. The largest absolute Gasteiger partial charge is 0.417 e. The molecule has 1 saturated heterocycles. The zero-order valence-electron chi connectivity index (χ0n) is 9.16. The molecule has 0 aliphatic carbocycles. The molecule has 1 aromatic carbocycles. The molecule has 90 valence electrons. The van der Waals surface area contributed by atoms with Crippen LogP contribution < -0.4 is 5.76 Å². The number of hydrogen-bond donors (Lipinski definition) is 1. The highest BCUT2D eigenvalue weighted by atomic mass is 35.5. The highest BCUT2D eigenvalue weighted by Crippen LogP contribution is 2.37. The van der Waals surface area contributed by atoms with Crippen LogP contribution in [-0.2, 0) is 10.2 Å². The standard InChI is InChI=1S/C12H12ClNO3/c13-4-3-12(6-16-7-12)8-1-2-9-10(5-8)17-11(15)14-9/h1-2,5H,3-4,6-7H2,(H,14,15). The molecular formula is C12H12ClNO3. The van der Waals surface area contributed by atoms with Crippen LogP contribution in [0.3, 0.4) is 0 Å². The molecular weight excluding hydrogens is 242 g/mol. The number of ether oxygens (including phenoxy) is 1. The average Bonchev–Trinajstić information content (AvgIpc) is 2.62. The number of aromatic amines is 1. The first-order valence-electron chi connectivity index (χ1n) is 5.51. The Balaban J connectivity index is 2.07. The zero-order chi connectivity index (χ0) is 11.9. The van der Waals surface area contributed by atoms with Crippen molar-refractivity contribution < 1.29 is 9.15 Å². The van der Waals surface area contributed by atoms with Gasteiger partial charge in [-0.25, -0.2) is 4.79 Å². The number of alkyl halides is 1. The summed E-state index contributed by atoms with van der Waals surface area (Å²) < 4.78 is 10.4. The van der Waals surface area contributed by atoms with Crippen LogP contribution in [0.1, 0.15) is 12.0 Å². The number of benzene rings is 1. The predicted molar refractivity (Wildman–Crippen MR) is 64.7 cm³/mol. The summed E-state index contributed by atoms with van der Waals surface area (Å²) in [7, 11) is 0. The van der Waals surface area contributed by atoms with E-state index in [1.165, 1.54) is 0 Å². The average molecular weight is 254 g/mol. The van der Waals surface area contributed by atoms with Gasteiger partial charge in [-0.15, -0.1) is 11.6 Å². The van der Waals surface area contributed by atoms with Crippen molar-refractivity contribution in [3.05, 3.63) is 34.3 Å². The number of halogens is 1. The van der Waals surface area contributed by atoms with E-state index < -0.39 is 5.76 Å². The van der Waals surface area contributed by atoms with Crippen molar-refractivity contribution in [3.8, 4) is 0 Å². The van der Waals surface area contributed by atoms with Crippen molar-refractivity contribution >= 4 is 22.7 Å². The van der Waals surface area contributed by atoms with Crippen molar-refractivity contribution in [1.82, 2.24) is 4.98 Å². The van der Waals surface area contributed by atoms with E-state index in [0.717, 1.165) is 17.5 Å². The molecule has 0 unspecified atom stereocenters. The molecule has 0 bridgehead atoms. The lowest BCUT2D eigenvalue weighted by Gasteiger charge is -2.41. The van der Waals surface area contributed by atoms with Crippen LogP contribution in [0, 0.1) is 0 Å². The normalized spacial score (nSPS) is 18.2. The Kier molecular flexibility index (Phi) is 2.49. The van der Waals surface area contributed by atoms with E-state index >= 15 is 0 Å². The van der Waals surface area contributed by atoms with E-state index in [0.29, 0.717) is 24.7 Å². The Hall–Kier alpha value is -1.26. The Bertz CT molecular complexity index is 597. The molecule has 0 saturated carbocycles. The first kappa shape index (κ1) is 10.9. The van der Waals surface area contributed by atoms with Gasteiger partial charge in [-0.05, 0) is 24.1 Å². The van der Waals surface area contributed by atoms with Gasteiger partial charge in [0.15, 0.2) is 5.58 Å². The first-order valence-corrected chi connectivity index (χ1v) is 6.04. The van der Waals surface area contributed by atoms with E-state index in [-0.39, 0.29) is 5.41 Å². The van der Waals surface area contributed by atoms with Gasteiger partial charge in [0.1, 0.15) is 0 Å². The van der Waals surface area contributed by atoms with Crippen LogP contribution in [0.15, 0.2) is 27.4 Å². The minimum absolute atomic E-state index is 0.00816. The molecule has 5 heteroatoms. The van der Waals surface area contributed by atoms with Crippen LogP contribution in [0.4, 0.5) is 0 Å². The Labute approximate surface area is 103 Å². The summed E-state index contributed by atoms with van der Waals surface area (Å²) in [4.78, 5) is 13.7. The second-order valence-electron chi connectivity index (χ2n) is 4.44. The highest BCUT2D eigenvalue weighted by Gasteiger charge is 2.39. The number of aromatic nitrogens is 1. The molecule has 3 rings (SSSR count). The van der Waals surface area contributed by atoms with Gasteiger partial charge >= 0.3 is 5.76 Å². The highest BCUT2D eigenvalue weighted by molar-refractivity contribution is 6.17. The van der Waals surface area contributed by atoms with Crippen molar-refractivity contribution in [2.45, 2.75) is 11.8 Å². The molecule has 0 spiro atoms. The van der Waals surface area contributed by atoms with Gasteiger partial charge in [-0.2, -0.15) is 0 Å². The second kappa shape index (κ2) is 3.89. The summed E-state index contributed by atoms with van der Waals surface area (Å²) in [5.74, 6) is 0.173. The van der Waals surface area contributed by atoms with Crippen LogP contribution in [-0.4, -0.2) is 24.1 Å². The lowest BCUT2D eigenvalue weighted by molar-refractivity contribution is -0.0615. The van der Waals surface area contributed by atoms with E-state index in [9.17, 15) is 4.79 Å². The van der Waals surface area contributed by atoms with Gasteiger partial charge in [0.05, 0.1) is 18.7 Å². The monoisotopic (exact) mass is 253 g/mol. The third-order valence-corrected chi connectivity index (χ3v) is 3.55. The quantitative estimate of drug-likeness (QED) is 0.852. The number of fused-ring (bicyclic) bond motifs is 1. The Morgan fingerprint density at radius 3 is 2.88 bits per heavy atom. The van der Waals surface area contributed by atoms with E-state index in [2.05, 4.69) is 4.98 Å². The number of nitrogens with one attached hydrogen (secondary N) is 1. The number of oxazole rings is 1. The van der Waals surface area contributed by atoms with Gasteiger partial charge in [-0.1, -0.05) is 6.07 Å². The molecule has 1 aliphatic heterocycles. The number of hydrogen-bond acceptors (Lipinski definition) is 3. The summed E-state index contributed by atoms with van der Waals surface area (Å²) in [6, 6.07) is 5.77. The molecule has 4 nitrogen and oxygen atoms in total. The second-order valence-corrected chi connectivity index (χ2v) is 4.82. The SMILES string of the molecule is O=c1[nH]c2ccc(C3(CCCl)COC3)cc2o1. The lowest BCUT2D eigenvalue weighted by atomic mass is 9.76. The zero-order valence-corrected chi connectivity index (χ0v) is 9.92. The first-order chi connectivity index (χ1) is 8.23. The molecule has 1 fully saturated rings. The molecule has 1 aliphatic rings. The molecule has 0 amide bonds. The van der Waals surface area contributed by atoms with Gasteiger partial charge in [0.2, 0.25) is 0 Å². The van der Waals surface area contributed by atoms with Gasteiger partial charge in [-0.3, -0.25) is 4.98 Å². The molecule has 2 heterocycles. The molecule has 1 aromatic heterocycles. The summed E-state index contributed by atoms with van der Waals surface area (Å²) in [6.07, 6.45) is 0.870. The van der Waals surface area contributed by atoms with Crippen LogP contribution >= 0.6 is 11.6 Å². The van der Waals surface area contributed by atoms with Crippen molar-refractivity contribution in [2.24, 2.45) is 0 Å². The summed E-state index contributed by atoms with van der Waals surface area (Å²) in [6.45, 7) is 1.36. The summed E-state index contributed by atoms with van der Waals surface area (Å²) >= 11 is 5.84. The molecule has 2 aromatic rings. The topological polar surface area (TPSA) is 55.2 Å². The van der Waals surface area contributed by atoms with E-state index in [1.807, 2.05) is 18.2 Å². The van der Waals surface area contributed by atoms with Crippen LogP contribution in [0.2, 0.25) is 0 Å². The van der Waals surface area contributed by atoms with Gasteiger partial charge in [0.25, 0.3) is 0 Å². The van der Waals surface area contributed by atoms with Gasteiger partial charge in [0, 0.05) is 11.3 Å². The van der Waals surface area contributed by atoms with Crippen LogP contribution in [0.5, 0.6) is 0 Å².